The molecule has 1 fully saturated rings. The van der Waals surface area contributed by atoms with Gasteiger partial charge in [-0.2, -0.15) is 0 Å². The third-order valence-corrected chi connectivity index (χ3v) is 11.7. The number of benzene rings is 2. The molecule has 3 aromatic rings. The highest BCUT2D eigenvalue weighted by molar-refractivity contribution is 7.96. The van der Waals surface area contributed by atoms with Crippen LogP contribution in [0.15, 0.2) is 62.7 Å². The number of rotatable bonds is 5. The van der Waals surface area contributed by atoms with Gasteiger partial charge in [0.1, 0.15) is 5.01 Å². The molecular weight excluding hydrogens is 497 g/mol. The summed E-state index contributed by atoms with van der Waals surface area (Å²) in [5.74, 6) is 0. The van der Waals surface area contributed by atoms with E-state index in [0.29, 0.717) is 33.5 Å². The fraction of sp³-hybridized carbons (Fsp3) is 0.286. The highest BCUT2D eigenvalue weighted by Crippen LogP contribution is 2.40. The molecule has 4 rings (SSSR count). The van der Waals surface area contributed by atoms with Crippen molar-refractivity contribution < 1.29 is 16.8 Å². The average molecular weight is 516 g/mol. The van der Waals surface area contributed by atoms with Crippen LogP contribution in [0.5, 0.6) is 0 Å². The fourth-order valence-corrected chi connectivity index (χ4v) is 9.55. The molecule has 31 heavy (non-hydrogen) atoms. The zero-order chi connectivity index (χ0) is 22.2. The van der Waals surface area contributed by atoms with E-state index in [1.165, 1.54) is 24.3 Å². The van der Waals surface area contributed by atoms with E-state index in [1.54, 1.807) is 24.3 Å². The van der Waals surface area contributed by atoms with Gasteiger partial charge in [-0.15, -0.1) is 11.3 Å². The van der Waals surface area contributed by atoms with Crippen molar-refractivity contribution in [2.24, 2.45) is 0 Å². The molecule has 10 heteroatoms. The van der Waals surface area contributed by atoms with Crippen molar-refractivity contribution in [1.29, 1.82) is 0 Å². The third kappa shape index (κ3) is 4.54. The van der Waals surface area contributed by atoms with Crippen molar-refractivity contribution in [3.05, 3.63) is 58.6 Å². The Hall–Kier alpha value is -1.45. The van der Waals surface area contributed by atoms with Gasteiger partial charge in [0.25, 0.3) is 0 Å². The van der Waals surface area contributed by atoms with E-state index in [2.05, 4.69) is 4.98 Å². The number of halogens is 2. The Kier molecular flexibility index (Phi) is 6.47. The maximum absolute atomic E-state index is 13.5. The maximum atomic E-state index is 13.5. The zero-order valence-corrected chi connectivity index (χ0v) is 20.3. The first-order valence-electron chi connectivity index (χ1n) is 9.71. The van der Waals surface area contributed by atoms with Crippen molar-refractivity contribution in [3.8, 4) is 10.6 Å². The topological polar surface area (TPSA) is 81.2 Å². The Balaban J connectivity index is 1.90. The zero-order valence-electron chi connectivity index (χ0n) is 16.3. The van der Waals surface area contributed by atoms with Gasteiger partial charge < -0.3 is 0 Å². The van der Waals surface area contributed by atoms with Gasteiger partial charge in [-0.1, -0.05) is 54.6 Å². The summed E-state index contributed by atoms with van der Waals surface area (Å²) < 4.78 is 53.6. The smallest absolute Gasteiger partial charge is 0.223 e. The highest BCUT2D eigenvalue weighted by atomic mass is 35.5. The lowest BCUT2D eigenvalue weighted by Crippen LogP contribution is -2.24. The summed E-state index contributed by atoms with van der Waals surface area (Å²) in [4.78, 5) is 4.27. The van der Waals surface area contributed by atoms with Crippen LogP contribution in [0.3, 0.4) is 0 Å². The van der Waals surface area contributed by atoms with Crippen LogP contribution in [0.4, 0.5) is 0 Å². The van der Waals surface area contributed by atoms with E-state index in [-0.39, 0.29) is 9.10 Å². The van der Waals surface area contributed by atoms with Gasteiger partial charge in [0, 0.05) is 15.6 Å². The van der Waals surface area contributed by atoms with E-state index in [1.807, 2.05) is 0 Å². The first-order chi connectivity index (χ1) is 14.7. The van der Waals surface area contributed by atoms with Gasteiger partial charge in [0.05, 0.1) is 10.1 Å². The molecule has 5 nitrogen and oxygen atoms in total. The normalized spacial score (nSPS) is 15.8. The highest BCUT2D eigenvalue weighted by Gasteiger charge is 2.38. The quantitative estimate of drug-likeness (QED) is 0.412. The van der Waals surface area contributed by atoms with Gasteiger partial charge in [0.15, 0.2) is 19.1 Å². The van der Waals surface area contributed by atoms with Gasteiger partial charge in [0.2, 0.25) is 9.84 Å². The molecular formula is C21H19Cl2NO4S3. The van der Waals surface area contributed by atoms with Crippen molar-refractivity contribution in [2.45, 2.75) is 51.5 Å². The van der Waals surface area contributed by atoms with Gasteiger partial charge in [-0.05, 0) is 49.2 Å². The molecule has 0 bridgehead atoms. The molecule has 164 valence electrons. The number of hydrogen-bond acceptors (Lipinski definition) is 6. The van der Waals surface area contributed by atoms with Gasteiger partial charge in [-0.3, -0.25) is 0 Å². The number of sulfone groups is 2. The molecule has 0 radical (unpaired) electrons. The predicted octanol–water partition coefficient (Wildman–Crippen LogP) is 6.06. The molecule has 0 atom stereocenters. The molecule has 0 saturated heterocycles. The van der Waals surface area contributed by atoms with E-state index in [0.717, 1.165) is 30.6 Å². The van der Waals surface area contributed by atoms with Crippen molar-refractivity contribution in [1.82, 2.24) is 4.98 Å². The predicted molar refractivity (Wildman–Crippen MR) is 124 cm³/mol. The van der Waals surface area contributed by atoms with Crippen LogP contribution < -0.4 is 0 Å². The Morgan fingerprint density at radius 1 is 0.806 bits per heavy atom. The first-order valence-corrected chi connectivity index (χ1v) is 14.3. The van der Waals surface area contributed by atoms with Crippen molar-refractivity contribution >= 4 is 54.2 Å². The average Bonchev–Trinajstić information content (AvgIpc) is 3.22. The molecule has 1 aromatic heterocycles. The Labute approximate surface area is 195 Å². The SMILES string of the molecule is O=S(=O)(c1ccc(Cl)cc1)c1nc(-c2ccc(Cl)cc2)sc1S(=O)(=O)C1CCCCC1. The molecule has 0 amide bonds. The molecule has 1 aliphatic carbocycles. The Bertz CT molecular complexity index is 1290. The third-order valence-electron chi connectivity index (χ3n) is 5.29. The molecule has 2 aromatic carbocycles. The summed E-state index contributed by atoms with van der Waals surface area (Å²) in [6, 6.07) is 12.3. The molecule has 1 heterocycles. The Morgan fingerprint density at radius 2 is 1.35 bits per heavy atom. The number of thiazole rings is 1. The standard InChI is InChI=1S/C21H19Cl2NO4S3/c22-15-8-6-14(7-9-15)19-24-20(30(25,26)18-12-10-16(23)11-13-18)21(29-19)31(27,28)17-4-2-1-3-5-17/h6-13,17H,1-5H2. The minimum Gasteiger partial charge on any atom is -0.223 e. The minimum absolute atomic E-state index is 0.0510. The summed E-state index contributed by atoms with van der Waals surface area (Å²) >= 11 is 12.7. The van der Waals surface area contributed by atoms with Crippen LogP contribution in [-0.4, -0.2) is 27.1 Å². The molecule has 0 unspecified atom stereocenters. The molecule has 0 spiro atoms. The number of nitrogens with zero attached hydrogens (tertiary/aromatic N) is 1. The monoisotopic (exact) mass is 515 g/mol. The molecule has 1 aliphatic rings. The van der Waals surface area contributed by atoms with E-state index < -0.39 is 30.0 Å². The summed E-state index contributed by atoms with van der Waals surface area (Å²) in [5.41, 5.74) is 0.604. The van der Waals surface area contributed by atoms with Crippen LogP contribution in [0, 0.1) is 0 Å². The minimum atomic E-state index is -4.17. The summed E-state index contributed by atoms with van der Waals surface area (Å²) in [6.07, 6.45) is 3.66. The molecule has 1 saturated carbocycles. The largest absolute Gasteiger partial charge is 0.226 e. The van der Waals surface area contributed by atoms with E-state index >= 15 is 0 Å². The summed E-state index contributed by atoms with van der Waals surface area (Å²) in [6.45, 7) is 0. The lowest BCUT2D eigenvalue weighted by molar-refractivity contribution is 0.483. The first kappa shape index (κ1) is 22.7. The van der Waals surface area contributed by atoms with Crippen LogP contribution >= 0.6 is 34.5 Å². The number of hydrogen-bond donors (Lipinski definition) is 0. The second-order valence-corrected chi connectivity index (χ2v) is 13.5. The summed E-state index contributed by atoms with van der Waals surface area (Å²) in [7, 11) is -8.03. The second-order valence-electron chi connectivity index (χ2n) is 7.38. The van der Waals surface area contributed by atoms with Crippen LogP contribution in [0.25, 0.3) is 10.6 Å². The second kappa shape index (κ2) is 8.83. The van der Waals surface area contributed by atoms with Crippen molar-refractivity contribution in [2.75, 3.05) is 0 Å². The van der Waals surface area contributed by atoms with Crippen LogP contribution in [0.1, 0.15) is 32.1 Å². The molecule has 0 aliphatic heterocycles. The fourth-order valence-electron chi connectivity index (χ4n) is 3.61. The van der Waals surface area contributed by atoms with E-state index in [4.69, 9.17) is 23.2 Å². The molecule has 0 N–H and O–H groups in total. The van der Waals surface area contributed by atoms with Crippen molar-refractivity contribution in [3.63, 3.8) is 0 Å². The van der Waals surface area contributed by atoms with Gasteiger partial charge in [-0.25, -0.2) is 21.8 Å². The lowest BCUT2D eigenvalue weighted by atomic mass is 10.0. The van der Waals surface area contributed by atoms with Crippen LogP contribution in [0.2, 0.25) is 10.0 Å². The van der Waals surface area contributed by atoms with Gasteiger partial charge >= 0.3 is 0 Å². The maximum Gasteiger partial charge on any atom is 0.226 e. The van der Waals surface area contributed by atoms with Crippen LogP contribution in [-0.2, 0) is 19.7 Å². The lowest BCUT2D eigenvalue weighted by Gasteiger charge is -2.21. The Morgan fingerprint density at radius 3 is 1.94 bits per heavy atom. The number of aromatic nitrogens is 1. The van der Waals surface area contributed by atoms with E-state index in [9.17, 15) is 16.8 Å². The summed E-state index contributed by atoms with van der Waals surface area (Å²) in [5, 5.41) is 0.200.